The summed E-state index contributed by atoms with van der Waals surface area (Å²) in [7, 11) is -3.49. The normalized spacial score (nSPS) is 17.0. The lowest BCUT2D eigenvalue weighted by Gasteiger charge is -2.20. The first kappa shape index (κ1) is 21.8. The fourth-order valence-electron chi connectivity index (χ4n) is 4.30. The molecule has 1 aliphatic carbocycles. The van der Waals surface area contributed by atoms with Gasteiger partial charge >= 0.3 is 0 Å². The molecule has 0 atom stereocenters. The van der Waals surface area contributed by atoms with Gasteiger partial charge in [0, 0.05) is 31.6 Å². The van der Waals surface area contributed by atoms with Gasteiger partial charge in [0.05, 0.1) is 4.90 Å². The molecule has 1 fully saturated rings. The van der Waals surface area contributed by atoms with Crippen LogP contribution in [-0.4, -0.2) is 38.3 Å². The second kappa shape index (κ2) is 9.79. The number of nitrogens with zero attached hydrogens (tertiary/aromatic N) is 1. The van der Waals surface area contributed by atoms with Crippen molar-refractivity contribution in [3.63, 3.8) is 0 Å². The third-order valence-electron chi connectivity index (χ3n) is 6.09. The van der Waals surface area contributed by atoms with Crippen molar-refractivity contribution < 1.29 is 13.2 Å². The van der Waals surface area contributed by atoms with E-state index in [1.165, 1.54) is 5.56 Å². The molecule has 2 aliphatic rings. The van der Waals surface area contributed by atoms with Crippen LogP contribution in [0.1, 0.15) is 48.8 Å². The molecule has 2 aromatic carbocycles. The second-order valence-electron chi connectivity index (χ2n) is 8.37. The van der Waals surface area contributed by atoms with E-state index in [2.05, 4.69) is 17.4 Å². The summed E-state index contributed by atoms with van der Waals surface area (Å²) in [4.78, 5) is 12.9. The Labute approximate surface area is 185 Å². The molecule has 0 bridgehead atoms. The molecule has 0 radical (unpaired) electrons. The average molecular weight is 439 g/mol. The maximum Gasteiger partial charge on any atom is 0.247 e. The van der Waals surface area contributed by atoms with Gasteiger partial charge in [0.1, 0.15) is 0 Å². The van der Waals surface area contributed by atoms with Crippen molar-refractivity contribution in [2.24, 2.45) is 0 Å². The number of sulfonamides is 1. The topological polar surface area (TPSA) is 66.5 Å². The van der Waals surface area contributed by atoms with E-state index >= 15 is 0 Å². The van der Waals surface area contributed by atoms with Crippen LogP contribution in [0.3, 0.4) is 0 Å². The van der Waals surface area contributed by atoms with Crippen LogP contribution in [-0.2, 0) is 27.7 Å². The third-order valence-corrected chi connectivity index (χ3v) is 7.99. The number of fused-ring (bicyclic) bond motifs is 1. The maximum atomic E-state index is 13.1. The second-order valence-corrected chi connectivity index (χ2v) is 10.3. The maximum absolute atomic E-state index is 13.1. The van der Waals surface area contributed by atoms with Crippen LogP contribution in [0.2, 0.25) is 0 Å². The molecule has 1 heterocycles. The summed E-state index contributed by atoms with van der Waals surface area (Å²) in [6.45, 7) is 1.80. The summed E-state index contributed by atoms with van der Waals surface area (Å²) in [5, 5.41) is 3.00. The van der Waals surface area contributed by atoms with Gasteiger partial charge in [-0.05, 0) is 60.6 Å². The Morgan fingerprint density at radius 1 is 0.968 bits per heavy atom. The number of aryl methyl sites for hydroxylation is 1. The number of hydrogen-bond acceptors (Lipinski definition) is 3. The highest BCUT2D eigenvalue weighted by atomic mass is 32.2. The van der Waals surface area contributed by atoms with Crippen molar-refractivity contribution in [1.29, 1.82) is 0 Å². The Bertz CT molecular complexity index is 1050. The minimum Gasteiger partial charge on any atom is -0.352 e. The zero-order valence-electron chi connectivity index (χ0n) is 17.8. The SMILES string of the molecule is O=C(NCCCc1ccccc1)C1=Cc2cc(S(=O)(=O)N3CCCCCC3)ccc2C1. The summed E-state index contributed by atoms with van der Waals surface area (Å²) in [5.41, 5.74) is 3.80. The van der Waals surface area contributed by atoms with Gasteiger partial charge in [-0.2, -0.15) is 4.31 Å². The van der Waals surface area contributed by atoms with E-state index in [4.69, 9.17) is 0 Å². The van der Waals surface area contributed by atoms with Crippen LogP contribution in [0.15, 0.2) is 59.0 Å². The molecule has 1 amide bonds. The number of benzene rings is 2. The van der Waals surface area contributed by atoms with Crippen molar-refractivity contribution in [3.05, 3.63) is 70.8 Å². The Balaban J connectivity index is 1.37. The van der Waals surface area contributed by atoms with Gasteiger partial charge < -0.3 is 5.32 Å². The van der Waals surface area contributed by atoms with Crippen molar-refractivity contribution in [1.82, 2.24) is 9.62 Å². The van der Waals surface area contributed by atoms with E-state index in [0.29, 0.717) is 36.5 Å². The van der Waals surface area contributed by atoms with Crippen molar-refractivity contribution in [2.75, 3.05) is 19.6 Å². The first-order chi connectivity index (χ1) is 15.0. The van der Waals surface area contributed by atoms with E-state index in [1.54, 1.807) is 16.4 Å². The molecule has 2 aromatic rings. The molecule has 4 rings (SSSR count). The van der Waals surface area contributed by atoms with Crippen molar-refractivity contribution >= 4 is 22.0 Å². The van der Waals surface area contributed by atoms with Crippen molar-refractivity contribution in [3.8, 4) is 0 Å². The summed E-state index contributed by atoms with van der Waals surface area (Å²) >= 11 is 0. The molecule has 5 nitrogen and oxygen atoms in total. The summed E-state index contributed by atoms with van der Waals surface area (Å²) in [6, 6.07) is 15.5. The highest BCUT2D eigenvalue weighted by Gasteiger charge is 2.27. The molecule has 1 N–H and O–H groups in total. The summed E-state index contributed by atoms with van der Waals surface area (Å²) < 4.78 is 27.8. The molecule has 1 aliphatic heterocycles. The smallest absolute Gasteiger partial charge is 0.247 e. The number of nitrogens with one attached hydrogen (secondary N) is 1. The zero-order chi connectivity index (χ0) is 21.7. The number of rotatable bonds is 7. The monoisotopic (exact) mass is 438 g/mol. The van der Waals surface area contributed by atoms with Crippen LogP contribution in [0, 0.1) is 0 Å². The minimum atomic E-state index is -3.49. The van der Waals surface area contributed by atoms with Gasteiger partial charge in [-0.1, -0.05) is 49.2 Å². The molecule has 31 heavy (non-hydrogen) atoms. The predicted molar refractivity (Wildman–Crippen MR) is 123 cm³/mol. The van der Waals surface area contributed by atoms with Gasteiger partial charge in [0.25, 0.3) is 0 Å². The first-order valence-corrected chi connectivity index (χ1v) is 12.6. The van der Waals surface area contributed by atoms with Crippen LogP contribution in [0.4, 0.5) is 0 Å². The standard InChI is InChI=1S/C25H30N2O3S/c28-25(26-14-8-11-20-9-4-3-5-10-20)23-17-21-12-13-24(19-22(21)18-23)31(29,30)27-15-6-1-2-7-16-27/h3-5,9-10,12-13,18-19H,1-2,6-8,11,14-17H2,(H,26,28). The first-order valence-electron chi connectivity index (χ1n) is 11.2. The molecule has 0 unspecified atom stereocenters. The van der Waals surface area contributed by atoms with Crippen LogP contribution in [0.5, 0.6) is 0 Å². The van der Waals surface area contributed by atoms with Gasteiger partial charge in [-0.3, -0.25) is 4.79 Å². The van der Waals surface area contributed by atoms with Gasteiger partial charge in [0.2, 0.25) is 15.9 Å². The largest absolute Gasteiger partial charge is 0.352 e. The zero-order valence-corrected chi connectivity index (χ0v) is 18.7. The van der Waals surface area contributed by atoms with E-state index < -0.39 is 10.0 Å². The minimum absolute atomic E-state index is 0.0683. The van der Waals surface area contributed by atoms with Crippen LogP contribution in [0.25, 0.3) is 6.08 Å². The van der Waals surface area contributed by atoms with Gasteiger partial charge in [-0.25, -0.2) is 8.42 Å². The van der Waals surface area contributed by atoms with E-state index in [0.717, 1.165) is 49.7 Å². The number of hydrogen-bond donors (Lipinski definition) is 1. The van der Waals surface area contributed by atoms with E-state index in [-0.39, 0.29) is 5.91 Å². The predicted octanol–water partition coefficient (Wildman–Crippen LogP) is 3.94. The number of amides is 1. The molecule has 0 saturated carbocycles. The van der Waals surface area contributed by atoms with E-state index in [1.807, 2.05) is 30.3 Å². The average Bonchev–Trinajstić information content (AvgIpc) is 3.01. The van der Waals surface area contributed by atoms with E-state index in [9.17, 15) is 13.2 Å². The molecular weight excluding hydrogens is 408 g/mol. The van der Waals surface area contributed by atoms with Crippen molar-refractivity contribution in [2.45, 2.75) is 49.8 Å². The quantitative estimate of drug-likeness (QED) is 0.666. The number of carbonyl (C=O) groups is 1. The number of carbonyl (C=O) groups excluding carboxylic acids is 1. The highest BCUT2D eigenvalue weighted by Crippen LogP contribution is 2.29. The fourth-order valence-corrected chi connectivity index (χ4v) is 5.86. The lowest BCUT2D eigenvalue weighted by atomic mass is 10.1. The molecule has 0 aromatic heterocycles. The Kier molecular flexibility index (Phi) is 6.88. The summed E-state index contributed by atoms with van der Waals surface area (Å²) in [6.07, 6.45) is 8.20. The highest BCUT2D eigenvalue weighted by molar-refractivity contribution is 7.89. The lowest BCUT2D eigenvalue weighted by molar-refractivity contribution is -0.117. The van der Waals surface area contributed by atoms with Gasteiger partial charge in [0.15, 0.2) is 0 Å². The molecule has 0 spiro atoms. The third kappa shape index (κ3) is 5.25. The lowest BCUT2D eigenvalue weighted by Crippen LogP contribution is -2.31. The molecule has 1 saturated heterocycles. The molecular formula is C25H30N2O3S. The fraction of sp³-hybridized carbons (Fsp3) is 0.400. The van der Waals surface area contributed by atoms with Gasteiger partial charge in [-0.15, -0.1) is 0 Å². The summed E-state index contributed by atoms with van der Waals surface area (Å²) in [5.74, 6) is -0.0683. The Morgan fingerprint density at radius 2 is 1.71 bits per heavy atom. The Hall–Kier alpha value is -2.44. The van der Waals surface area contributed by atoms with Crippen LogP contribution >= 0.6 is 0 Å². The molecule has 164 valence electrons. The van der Waals surface area contributed by atoms with Crippen LogP contribution < -0.4 is 5.32 Å². The molecule has 6 heteroatoms. The Morgan fingerprint density at radius 3 is 2.45 bits per heavy atom.